The Labute approximate surface area is 151 Å². The van der Waals surface area contributed by atoms with Crippen molar-refractivity contribution in [3.05, 3.63) is 29.8 Å². The SMILES string of the molecule is CCNC(=NCC(c1cccc(OC)c1)N1CCCC1)NCC1CC1. The van der Waals surface area contributed by atoms with Gasteiger partial charge < -0.3 is 15.4 Å². The largest absolute Gasteiger partial charge is 0.497 e. The third kappa shape index (κ3) is 5.36. The van der Waals surface area contributed by atoms with E-state index >= 15 is 0 Å². The molecule has 0 radical (unpaired) electrons. The van der Waals surface area contributed by atoms with Crippen LogP contribution in [0.2, 0.25) is 0 Å². The number of likely N-dealkylation sites (tertiary alicyclic amines) is 1. The van der Waals surface area contributed by atoms with Gasteiger partial charge in [0.1, 0.15) is 5.75 Å². The van der Waals surface area contributed by atoms with Gasteiger partial charge in [0, 0.05) is 13.1 Å². The first-order chi connectivity index (χ1) is 12.3. The molecule has 2 N–H and O–H groups in total. The Morgan fingerprint density at radius 1 is 1.28 bits per heavy atom. The summed E-state index contributed by atoms with van der Waals surface area (Å²) in [6.07, 6.45) is 5.27. The van der Waals surface area contributed by atoms with Crippen molar-refractivity contribution in [1.29, 1.82) is 0 Å². The molecule has 1 atom stereocenters. The number of benzene rings is 1. The lowest BCUT2D eigenvalue weighted by Crippen LogP contribution is -2.39. The summed E-state index contributed by atoms with van der Waals surface area (Å²) in [5.74, 6) is 2.71. The third-order valence-corrected chi connectivity index (χ3v) is 5.08. The molecule has 2 aliphatic rings. The van der Waals surface area contributed by atoms with E-state index in [0.29, 0.717) is 6.04 Å². The minimum Gasteiger partial charge on any atom is -0.497 e. The van der Waals surface area contributed by atoms with E-state index in [4.69, 9.17) is 9.73 Å². The predicted octanol–water partition coefficient (Wildman–Crippen LogP) is 2.80. The van der Waals surface area contributed by atoms with Crippen LogP contribution >= 0.6 is 0 Å². The smallest absolute Gasteiger partial charge is 0.191 e. The van der Waals surface area contributed by atoms with E-state index < -0.39 is 0 Å². The van der Waals surface area contributed by atoms with Crippen LogP contribution in [-0.2, 0) is 0 Å². The molecule has 1 aliphatic heterocycles. The molecule has 1 aliphatic carbocycles. The van der Waals surface area contributed by atoms with Crippen molar-refractivity contribution >= 4 is 5.96 Å². The van der Waals surface area contributed by atoms with Crippen molar-refractivity contribution in [3.8, 4) is 5.75 Å². The van der Waals surface area contributed by atoms with Gasteiger partial charge in [0.25, 0.3) is 0 Å². The average Bonchev–Trinajstić information content (AvgIpc) is 3.32. The van der Waals surface area contributed by atoms with Crippen molar-refractivity contribution in [2.45, 2.75) is 38.6 Å². The van der Waals surface area contributed by atoms with Crippen molar-refractivity contribution in [1.82, 2.24) is 15.5 Å². The Bertz CT molecular complexity index is 565. The molecule has 1 saturated carbocycles. The zero-order chi connectivity index (χ0) is 17.5. The van der Waals surface area contributed by atoms with Crippen molar-refractivity contribution < 1.29 is 4.74 Å². The van der Waals surface area contributed by atoms with Crippen molar-refractivity contribution in [2.75, 3.05) is 39.8 Å². The van der Waals surface area contributed by atoms with E-state index in [0.717, 1.165) is 50.4 Å². The van der Waals surface area contributed by atoms with Crippen LogP contribution in [-0.4, -0.2) is 50.7 Å². The molecule has 25 heavy (non-hydrogen) atoms. The van der Waals surface area contributed by atoms with E-state index in [1.54, 1.807) is 7.11 Å². The van der Waals surface area contributed by atoms with E-state index in [9.17, 15) is 0 Å². The number of nitrogens with one attached hydrogen (secondary N) is 2. The van der Waals surface area contributed by atoms with E-state index in [1.807, 2.05) is 6.07 Å². The molecule has 1 aromatic carbocycles. The number of hydrogen-bond acceptors (Lipinski definition) is 3. The van der Waals surface area contributed by atoms with Gasteiger partial charge in [-0.3, -0.25) is 9.89 Å². The monoisotopic (exact) mass is 344 g/mol. The second-order valence-corrected chi connectivity index (χ2v) is 7.08. The van der Waals surface area contributed by atoms with E-state index in [2.05, 4.69) is 40.7 Å². The molecule has 5 heteroatoms. The van der Waals surface area contributed by atoms with Gasteiger partial charge in [0.05, 0.1) is 19.7 Å². The van der Waals surface area contributed by atoms with Gasteiger partial charge in [-0.05, 0) is 69.3 Å². The molecular formula is C20H32N4O. The molecule has 0 amide bonds. The van der Waals surface area contributed by atoms with Crippen molar-refractivity contribution in [2.24, 2.45) is 10.9 Å². The number of rotatable bonds is 8. The Morgan fingerprint density at radius 3 is 2.76 bits per heavy atom. The molecule has 5 nitrogen and oxygen atoms in total. The van der Waals surface area contributed by atoms with Crippen LogP contribution in [0.15, 0.2) is 29.3 Å². The van der Waals surface area contributed by atoms with Crippen LogP contribution in [0.1, 0.15) is 44.2 Å². The first kappa shape index (κ1) is 18.1. The third-order valence-electron chi connectivity index (χ3n) is 5.08. The molecule has 1 heterocycles. The molecule has 1 unspecified atom stereocenters. The topological polar surface area (TPSA) is 48.9 Å². The summed E-state index contributed by atoms with van der Waals surface area (Å²) in [4.78, 5) is 7.46. The second-order valence-electron chi connectivity index (χ2n) is 7.08. The van der Waals surface area contributed by atoms with Gasteiger partial charge in [-0.25, -0.2) is 0 Å². The summed E-state index contributed by atoms with van der Waals surface area (Å²) in [6, 6.07) is 8.76. The maximum atomic E-state index is 5.42. The van der Waals surface area contributed by atoms with Crippen molar-refractivity contribution in [3.63, 3.8) is 0 Å². The maximum Gasteiger partial charge on any atom is 0.191 e. The zero-order valence-electron chi connectivity index (χ0n) is 15.6. The molecule has 0 spiro atoms. The Kier molecular flexibility index (Phi) is 6.56. The second kappa shape index (κ2) is 9.09. The van der Waals surface area contributed by atoms with E-state index in [1.165, 1.54) is 31.2 Å². The Hall–Kier alpha value is -1.75. The highest BCUT2D eigenvalue weighted by molar-refractivity contribution is 5.79. The van der Waals surface area contributed by atoms with Crippen LogP contribution in [0.4, 0.5) is 0 Å². The highest BCUT2D eigenvalue weighted by atomic mass is 16.5. The Morgan fingerprint density at radius 2 is 2.08 bits per heavy atom. The standard InChI is InChI=1S/C20H32N4O/c1-3-21-20(22-14-16-9-10-16)23-15-19(24-11-4-5-12-24)17-7-6-8-18(13-17)25-2/h6-8,13,16,19H,3-5,9-12,14-15H2,1-2H3,(H2,21,22,23). The fourth-order valence-electron chi connectivity index (χ4n) is 3.42. The van der Waals surface area contributed by atoms with Crippen LogP contribution in [0.5, 0.6) is 5.75 Å². The fourth-order valence-corrected chi connectivity index (χ4v) is 3.42. The summed E-state index contributed by atoms with van der Waals surface area (Å²) in [6.45, 7) is 7.14. The van der Waals surface area contributed by atoms with Gasteiger partial charge in [0.2, 0.25) is 0 Å². The molecule has 138 valence electrons. The highest BCUT2D eigenvalue weighted by Crippen LogP contribution is 2.28. The summed E-state index contributed by atoms with van der Waals surface area (Å²) < 4.78 is 5.42. The van der Waals surface area contributed by atoms with Gasteiger partial charge >= 0.3 is 0 Å². The number of aliphatic imine (C=N–C) groups is 1. The lowest BCUT2D eigenvalue weighted by atomic mass is 10.1. The van der Waals surface area contributed by atoms with E-state index in [-0.39, 0.29) is 0 Å². The molecule has 1 aromatic rings. The number of hydrogen-bond donors (Lipinski definition) is 2. The maximum absolute atomic E-state index is 5.42. The van der Waals surface area contributed by atoms with Crippen LogP contribution in [0.25, 0.3) is 0 Å². The summed E-state index contributed by atoms with van der Waals surface area (Å²) in [7, 11) is 1.73. The summed E-state index contributed by atoms with van der Waals surface area (Å²) in [5, 5.41) is 6.88. The fraction of sp³-hybridized carbons (Fsp3) is 0.650. The molecule has 0 aromatic heterocycles. The minimum absolute atomic E-state index is 0.314. The first-order valence-corrected chi connectivity index (χ1v) is 9.70. The number of guanidine groups is 1. The number of nitrogens with zero attached hydrogens (tertiary/aromatic N) is 2. The van der Waals surface area contributed by atoms with Crippen LogP contribution in [0.3, 0.4) is 0 Å². The van der Waals surface area contributed by atoms with Gasteiger partial charge in [-0.1, -0.05) is 12.1 Å². The average molecular weight is 345 g/mol. The van der Waals surface area contributed by atoms with Gasteiger partial charge in [-0.15, -0.1) is 0 Å². The van der Waals surface area contributed by atoms with Crippen LogP contribution < -0.4 is 15.4 Å². The van der Waals surface area contributed by atoms with Crippen LogP contribution in [0, 0.1) is 5.92 Å². The molecule has 0 bridgehead atoms. The lowest BCUT2D eigenvalue weighted by molar-refractivity contribution is 0.251. The van der Waals surface area contributed by atoms with Gasteiger partial charge in [-0.2, -0.15) is 0 Å². The first-order valence-electron chi connectivity index (χ1n) is 9.70. The van der Waals surface area contributed by atoms with Gasteiger partial charge in [0.15, 0.2) is 5.96 Å². The number of methoxy groups -OCH3 is 1. The molecular weight excluding hydrogens is 312 g/mol. The molecule has 3 rings (SSSR count). The quantitative estimate of drug-likeness (QED) is 0.562. The Balaban J connectivity index is 1.71. The molecule has 1 saturated heterocycles. The predicted molar refractivity (Wildman–Crippen MR) is 103 cm³/mol. The highest BCUT2D eigenvalue weighted by Gasteiger charge is 2.24. The molecule has 2 fully saturated rings. The summed E-state index contributed by atoms with van der Waals surface area (Å²) in [5.41, 5.74) is 1.29. The summed E-state index contributed by atoms with van der Waals surface area (Å²) >= 11 is 0. The zero-order valence-corrected chi connectivity index (χ0v) is 15.6. The lowest BCUT2D eigenvalue weighted by Gasteiger charge is -2.27. The minimum atomic E-state index is 0.314. The number of ether oxygens (including phenoxy) is 1. The normalized spacial score (nSPS) is 19.7.